The van der Waals surface area contributed by atoms with E-state index in [-0.39, 0.29) is 34.1 Å². The number of rotatable bonds is 7. The first-order valence-electron chi connectivity index (χ1n) is 10.1. The lowest BCUT2D eigenvalue weighted by Crippen LogP contribution is -2.15. The molecule has 0 aliphatic heterocycles. The van der Waals surface area contributed by atoms with Crippen molar-refractivity contribution < 1.29 is 33.3 Å². The first-order valence-corrected chi connectivity index (χ1v) is 10.1. The molecule has 2 aromatic carbocycles. The van der Waals surface area contributed by atoms with Gasteiger partial charge in [-0.05, 0) is 30.7 Å². The predicted octanol–water partition coefficient (Wildman–Crippen LogP) is 4.01. The van der Waals surface area contributed by atoms with Gasteiger partial charge in [0.15, 0.2) is 17.2 Å². The summed E-state index contributed by atoms with van der Waals surface area (Å²) >= 11 is 0. The first-order chi connectivity index (χ1) is 15.0. The van der Waals surface area contributed by atoms with E-state index in [4.69, 9.17) is 18.9 Å². The second-order valence-electron chi connectivity index (χ2n) is 7.06. The van der Waals surface area contributed by atoms with E-state index in [1.165, 1.54) is 6.92 Å². The Balaban J connectivity index is 3.26. The third-order valence-electron chi connectivity index (χ3n) is 4.43. The largest absolute Gasteiger partial charge is 0.458 e. The van der Waals surface area contributed by atoms with Crippen molar-refractivity contribution in [2.24, 2.45) is 0 Å². The molecule has 0 N–H and O–H groups in total. The highest BCUT2D eigenvalue weighted by Crippen LogP contribution is 2.47. The molecule has 0 spiro atoms. The Labute approximate surface area is 185 Å². The van der Waals surface area contributed by atoms with Crippen LogP contribution in [-0.4, -0.2) is 17.9 Å². The molecule has 0 saturated carbocycles. The van der Waals surface area contributed by atoms with Gasteiger partial charge in [0.1, 0.15) is 0 Å². The molecular weight excluding hydrogens is 416 g/mol. The Morgan fingerprint density at radius 1 is 0.750 bits per heavy atom. The fourth-order valence-corrected chi connectivity index (χ4v) is 3.32. The van der Waals surface area contributed by atoms with Crippen LogP contribution in [0.4, 0.5) is 0 Å². The average molecular weight is 442 g/mol. The number of benzene rings is 1. The van der Waals surface area contributed by atoms with Gasteiger partial charge in [-0.3, -0.25) is 19.2 Å². The van der Waals surface area contributed by atoms with Crippen LogP contribution in [0.15, 0.2) is 29.3 Å². The molecule has 0 amide bonds. The Morgan fingerprint density at radius 2 is 1.28 bits per heavy atom. The number of ether oxygens (including phenoxy) is 4. The highest BCUT2D eigenvalue weighted by molar-refractivity contribution is 5.99. The van der Waals surface area contributed by atoms with Gasteiger partial charge in [0, 0.05) is 26.3 Å². The van der Waals surface area contributed by atoms with Crippen LogP contribution in [0.5, 0.6) is 23.0 Å². The molecule has 2 rings (SSSR count). The topological polar surface area (TPSA) is 105 Å². The average Bonchev–Trinajstić information content (AvgIpc) is 2.80. The lowest BCUT2D eigenvalue weighted by molar-refractivity contribution is -0.135. The summed E-state index contributed by atoms with van der Waals surface area (Å²) < 4.78 is 21.7. The van der Waals surface area contributed by atoms with Crippen molar-refractivity contribution in [2.75, 3.05) is 0 Å². The Hall–Kier alpha value is -3.68. The van der Waals surface area contributed by atoms with Crippen LogP contribution in [0.1, 0.15) is 52.7 Å². The minimum absolute atomic E-state index is 0.0134. The quantitative estimate of drug-likeness (QED) is 0.360. The van der Waals surface area contributed by atoms with Crippen LogP contribution in [0.25, 0.3) is 10.8 Å². The maximum Gasteiger partial charge on any atom is 0.308 e. The molecule has 0 aromatic heterocycles. The number of carbonyl (C=O) groups excluding carboxylic acids is 3. The van der Waals surface area contributed by atoms with Crippen molar-refractivity contribution >= 4 is 28.7 Å². The van der Waals surface area contributed by atoms with E-state index in [2.05, 4.69) is 6.58 Å². The lowest BCUT2D eigenvalue weighted by Gasteiger charge is -2.18. The standard InChI is InChI=1S/C24H26O8/c1-8-16-10-11-18-17(9-2)22(30-13(5)25)24(32-15(7)27)23(31-14(6)26)19(18)20(28)21(16)29-12(3)4/h10-11H,3,8-9H2,1-2,4-7H3. The third-order valence-corrected chi connectivity index (χ3v) is 4.43. The van der Waals surface area contributed by atoms with Gasteiger partial charge in [-0.25, -0.2) is 0 Å². The Morgan fingerprint density at radius 3 is 1.75 bits per heavy atom. The molecule has 0 saturated heterocycles. The van der Waals surface area contributed by atoms with Gasteiger partial charge >= 0.3 is 17.9 Å². The molecular formula is C24H26O8. The SMILES string of the molecule is C=C(C)Oc1c(CC)ccc2c(CC)c(OC(C)=O)c(OC(C)=O)c(OC(C)=O)c2c1=O. The third kappa shape index (κ3) is 5.14. The van der Waals surface area contributed by atoms with Gasteiger partial charge in [0.25, 0.3) is 0 Å². The number of carbonyl (C=O) groups is 3. The lowest BCUT2D eigenvalue weighted by atomic mass is 10.0. The summed E-state index contributed by atoms with van der Waals surface area (Å²) in [5, 5.41) is 0.326. The molecule has 0 heterocycles. The van der Waals surface area contributed by atoms with Gasteiger partial charge in [-0.2, -0.15) is 0 Å². The smallest absolute Gasteiger partial charge is 0.308 e. The number of fused-ring (bicyclic) bond motifs is 1. The summed E-state index contributed by atoms with van der Waals surface area (Å²) in [6.45, 7) is 12.4. The van der Waals surface area contributed by atoms with Gasteiger partial charge < -0.3 is 18.9 Å². The zero-order chi connectivity index (χ0) is 24.2. The van der Waals surface area contributed by atoms with E-state index < -0.39 is 23.3 Å². The van der Waals surface area contributed by atoms with Crippen molar-refractivity contribution in [3.05, 3.63) is 45.8 Å². The molecule has 0 radical (unpaired) electrons. The zero-order valence-electron chi connectivity index (χ0n) is 19.0. The molecule has 0 atom stereocenters. The summed E-state index contributed by atoms with van der Waals surface area (Å²) in [5.74, 6) is -2.64. The molecule has 0 unspecified atom stereocenters. The number of hydrogen-bond donors (Lipinski definition) is 0. The van der Waals surface area contributed by atoms with Crippen LogP contribution in [0.3, 0.4) is 0 Å². The minimum atomic E-state index is -0.762. The van der Waals surface area contributed by atoms with Crippen molar-refractivity contribution in [2.45, 2.75) is 54.4 Å². The van der Waals surface area contributed by atoms with Gasteiger partial charge in [0.2, 0.25) is 11.2 Å². The second-order valence-corrected chi connectivity index (χ2v) is 7.06. The summed E-state index contributed by atoms with van der Waals surface area (Å²) in [6.07, 6.45) is 0.784. The predicted molar refractivity (Wildman–Crippen MR) is 118 cm³/mol. The normalized spacial score (nSPS) is 10.4. The molecule has 2 aromatic rings. The molecule has 0 bridgehead atoms. The highest BCUT2D eigenvalue weighted by atomic mass is 16.6. The maximum atomic E-state index is 13.7. The van der Waals surface area contributed by atoms with Crippen LogP contribution >= 0.6 is 0 Å². The molecule has 0 fully saturated rings. The van der Waals surface area contributed by atoms with E-state index in [1.807, 2.05) is 6.92 Å². The van der Waals surface area contributed by atoms with Crippen molar-refractivity contribution in [3.8, 4) is 23.0 Å². The van der Waals surface area contributed by atoms with Gasteiger partial charge in [0.05, 0.1) is 11.1 Å². The van der Waals surface area contributed by atoms with Crippen LogP contribution in [0, 0.1) is 0 Å². The van der Waals surface area contributed by atoms with E-state index in [0.29, 0.717) is 29.4 Å². The fraction of sp³-hybridized carbons (Fsp3) is 0.333. The fourth-order valence-electron chi connectivity index (χ4n) is 3.32. The maximum absolute atomic E-state index is 13.7. The van der Waals surface area contributed by atoms with Crippen molar-refractivity contribution in [1.29, 1.82) is 0 Å². The van der Waals surface area contributed by atoms with Crippen molar-refractivity contribution in [3.63, 3.8) is 0 Å². The number of esters is 3. The van der Waals surface area contributed by atoms with E-state index >= 15 is 0 Å². The first kappa shape index (κ1) is 24.6. The van der Waals surface area contributed by atoms with Gasteiger partial charge in [-0.1, -0.05) is 32.6 Å². The molecule has 0 aliphatic carbocycles. The van der Waals surface area contributed by atoms with E-state index in [1.54, 1.807) is 26.0 Å². The number of hydrogen-bond acceptors (Lipinski definition) is 8. The second kappa shape index (κ2) is 10.1. The highest BCUT2D eigenvalue weighted by Gasteiger charge is 2.28. The van der Waals surface area contributed by atoms with E-state index in [9.17, 15) is 19.2 Å². The molecule has 0 aliphatic rings. The molecule has 32 heavy (non-hydrogen) atoms. The minimum Gasteiger partial charge on any atom is -0.458 e. The van der Waals surface area contributed by atoms with Crippen molar-refractivity contribution in [1.82, 2.24) is 0 Å². The van der Waals surface area contributed by atoms with Crippen LogP contribution < -0.4 is 24.4 Å². The summed E-state index contributed by atoms with van der Waals surface area (Å²) in [6, 6.07) is 3.37. The number of allylic oxidation sites excluding steroid dienone is 1. The summed E-state index contributed by atoms with van der Waals surface area (Å²) in [4.78, 5) is 49.3. The summed E-state index contributed by atoms with van der Waals surface area (Å²) in [7, 11) is 0. The Bertz CT molecular complexity index is 1180. The Kier molecular flexibility index (Phi) is 7.75. The zero-order valence-corrected chi connectivity index (χ0v) is 19.0. The molecule has 8 nitrogen and oxygen atoms in total. The van der Waals surface area contributed by atoms with Crippen LogP contribution in [-0.2, 0) is 27.2 Å². The van der Waals surface area contributed by atoms with E-state index in [0.717, 1.165) is 13.8 Å². The molecule has 170 valence electrons. The summed E-state index contributed by atoms with van der Waals surface area (Å²) in [5.41, 5.74) is 0.436. The number of aryl methyl sites for hydroxylation is 2. The van der Waals surface area contributed by atoms with Gasteiger partial charge in [-0.15, -0.1) is 0 Å². The van der Waals surface area contributed by atoms with Crippen LogP contribution in [0.2, 0.25) is 0 Å². The molecule has 8 heteroatoms. The monoisotopic (exact) mass is 442 g/mol.